The second-order valence-electron chi connectivity index (χ2n) is 3.96. The molecular formula is C13H14ClNO4. The number of fused-ring (bicyclic) bond motifs is 1. The van der Waals surface area contributed by atoms with E-state index in [1.807, 2.05) is 0 Å². The number of benzene rings is 1. The Bertz CT molecular complexity index is 491. The number of halogens is 1. The molecule has 1 atom stereocenters. The molecule has 1 aromatic carbocycles. The fourth-order valence-corrected chi connectivity index (χ4v) is 2.04. The van der Waals surface area contributed by atoms with Gasteiger partial charge in [-0.05, 0) is 19.1 Å². The average Bonchev–Trinajstić information content (AvgIpc) is 2.45. The molecule has 1 unspecified atom stereocenters. The van der Waals surface area contributed by atoms with E-state index in [2.05, 4.69) is 0 Å². The fourth-order valence-electron chi connectivity index (χ4n) is 1.90. The summed E-state index contributed by atoms with van der Waals surface area (Å²) < 4.78 is 10.5. The van der Waals surface area contributed by atoms with Crippen LogP contribution in [0.5, 0.6) is 5.75 Å². The normalized spacial score (nSPS) is 17.4. The first-order valence-corrected chi connectivity index (χ1v) is 6.49. The lowest BCUT2D eigenvalue weighted by molar-refractivity contribution is -0.151. The number of nitrogens with zero attached hydrogens (tertiary/aromatic N) is 1. The Morgan fingerprint density at radius 2 is 2.21 bits per heavy atom. The highest BCUT2D eigenvalue weighted by Crippen LogP contribution is 2.33. The molecule has 19 heavy (non-hydrogen) atoms. The molecule has 1 aromatic rings. The summed E-state index contributed by atoms with van der Waals surface area (Å²) in [6.07, 6.45) is -0.818. The summed E-state index contributed by atoms with van der Waals surface area (Å²) in [6.45, 7) is 2.10. The van der Waals surface area contributed by atoms with Crippen molar-refractivity contribution in [2.45, 2.75) is 13.0 Å². The van der Waals surface area contributed by atoms with Crippen LogP contribution in [0.15, 0.2) is 24.3 Å². The molecule has 1 aliphatic heterocycles. The van der Waals surface area contributed by atoms with E-state index in [1.54, 1.807) is 31.2 Å². The van der Waals surface area contributed by atoms with Gasteiger partial charge in [0.2, 0.25) is 12.0 Å². The van der Waals surface area contributed by atoms with Crippen molar-refractivity contribution in [3.8, 4) is 5.75 Å². The van der Waals surface area contributed by atoms with Gasteiger partial charge in [0.05, 0.1) is 18.8 Å². The van der Waals surface area contributed by atoms with E-state index in [4.69, 9.17) is 21.1 Å². The lowest BCUT2D eigenvalue weighted by Gasteiger charge is -2.33. The zero-order valence-corrected chi connectivity index (χ0v) is 11.2. The highest BCUT2D eigenvalue weighted by atomic mass is 35.5. The summed E-state index contributed by atoms with van der Waals surface area (Å²) in [5.41, 5.74) is 0.619. The third-order valence-corrected chi connectivity index (χ3v) is 2.97. The van der Waals surface area contributed by atoms with Gasteiger partial charge < -0.3 is 14.4 Å². The highest BCUT2D eigenvalue weighted by molar-refractivity contribution is 6.29. The van der Waals surface area contributed by atoms with E-state index < -0.39 is 12.1 Å². The smallest absolute Gasteiger partial charge is 0.349 e. The number of carbonyl (C=O) groups is 2. The molecule has 0 aliphatic carbocycles. The van der Waals surface area contributed by atoms with Crippen molar-refractivity contribution < 1.29 is 19.1 Å². The molecule has 1 aliphatic rings. The quantitative estimate of drug-likeness (QED) is 0.624. The number of rotatable bonds is 3. The minimum atomic E-state index is -0.818. The van der Waals surface area contributed by atoms with Gasteiger partial charge >= 0.3 is 5.97 Å². The van der Waals surface area contributed by atoms with Crippen molar-refractivity contribution in [1.29, 1.82) is 0 Å². The number of ether oxygens (including phenoxy) is 2. The second-order valence-corrected chi connectivity index (χ2v) is 4.23. The number of para-hydroxylation sites is 2. The molecule has 0 spiro atoms. The van der Waals surface area contributed by atoms with Crippen molar-refractivity contribution in [1.82, 2.24) is 0 Å². The van der Waals surface area contributed by atoms with E-state index in [1.165, 1.54) is 4.90 Å². The number of amides is 1. The van der Waals surface area contributed by atoms with Crippen LogP contribution in [0, 0.1) is 0 Å². The number of esters is 1. The lowest BCUT2D eigenvalue weighted by Crippen LogP contribution is -2.48. The van der Waals surface area contributed by atoms with Crippen molar-refractivity contribution in [2.24, 2.45) is 0 Å². The van der Waals surface area contributed by atoms with Crippen LogP contribution in [-0.2, 0) is 14.3 Å². The monoisotopic (exact) mass is 283 g/mol. The summed E-state index contributed by atoms with van der Waals surface area (Å²) >= 11 is 5.59. The molecule has 0 saturated carbocycles. The molecule has 102 valence electrons. The van der Waals surface area contributed by atoms with E-state index in [-0.39, 0.29) is 24.9 Å². The first-order chi connectivity index (χ1) is 9.17. The number of hydrogen-bond donors (Lipinski definition) is 0. The van der Waals surface area contributed by atoms with Gasteiger partial charge in [0.25, 0.3) is 0 Å². The molecule has 0 N–H and O–H groups in total. The Labute approximate surface area is 116 Å². The molecule has 0 radical (unpaired) electrons. The second kappa shape index (κ2) is 5.93. The van der Waals surface area contributed by atoms with Gasteiger partial charge in [-0.1, -0.05) is 12.1 Å². The first-order valence-electron chi connectivity index (χ1n) is 5.96. The Morgan fingerprint density at radius 3 is 2.89 bits per heavy atom. The van der Waals surface area contributed by atoms with E-state index in [0.29, 0.717) is 11.4 Å². The summed E-state index contributed by atoms with van der Waals surface area (Å²) in [4.78, 5) is 25.0. The predicted molar refractivity (Wildman–Crippen MR) is 70.6 cm³/mol. The Hall–Kier alpha value is -1.75. The number of hydrogen-bond acceptors (Lipinski definition) is 4. The number of carbonyl (C=O) groups excluding carboxylic acids is 2. The number of anilines is 1. The molecule has 6 heteroatoms. The van der Waals surface area contributed by atoms with Crippen molar-refractivity contribution in [3.05, 3.63) is 24.3 Å². The molecule has 0 aromatic heterocycles. The van der Waals surface area contributed by atoms with Gasteiger partial charge in [0.15, 0.2) is 0 Å². The molecule has 0 fully saturated rings. The minimum absolute atomic E-state index is 0.112. The topological polar surface area (TPSA) is 55.8 Å². The maximum atomic E-state index is 11.8. The van der Waals surface area contributed by atoms with Crippen molar-refractivity contribution in [3.63, 3.8) is 0 Å². The molecule has 5 nitrogen and oxygen atoms in total. The van der Waals surface area contributed by atoms with Gasteiger partial charge in [-0.2, -0.15) is 0 Å². The van der Waals surface area contributed by atoms with Gasteiger partial charge in [0.1, 0.15) is 11.6 Å². The Balaban J connectivity index is 2.29. The predicted octanol–water partition coefficient (Wildman–Crippen LogP) is 1.58. The Kier molecular flexibility index (Phi) is 4.27. The zero-order valence-electron chi connectivity index (χ0n) is 10.5. The third kappa shape index (κ3) is 2.81. The zero-order chi connectivity index (χ0) is 13.8. The number of alkyl halides is 1. The third-order valence-electron chi connectivity index (χ3n) is 2.74. The standard InChI is InChI=1S/C13H14ClNO4/c1-2-18-13(17)11-8-15(12(16)7-14)9-5-3-4-6-10(9)19-11/h3-6,11H,2,7-8H2,1H3. The SMILES string of the molecule is CCOC(=O)C1CN(C(=O)CCl)c2ccccc2O1. The molecular weight excluding hydrogens is 270 g/mol. The maximum absolute atomic E-state index is 11.8. The molecule has 1 heterocycles. The van der Waals surface area contributed by atoms with E-state index in [0.717, 1.165) is 0 Å². The van der Waals surface area contributed by atoms with Crippen molar-refractivity contribution >= 4 is 29.2 Å². The molecule has 0 bridgehead atoms. The van der Waals surface area contributed by atoms with E-state index in [9.17, 15) is 9.59 Å². The lowest BCUT2D eigenvalue weighted by atomic mass is 10.2. The van der Waals surface area contributed by atoms with Crippen molar-refractivity contribution in [2.75, 3.05) is 23.9 Å². The van der Waals surface area contributed by atoms with Crippen LogP contribution in [0.2, 0.25) is 0 Å². The average molecular weight is 284 g/mol. The van der Waals surface area contributed by atoms with Gasteiger partial charge in [0, 0.05) is 0 Å². The van der Waals surface area contributed by atoms with Gasteiger partial charge in [-0.3, -0.25) is 4.79 Å². The molecule has 0 saturated heterocycles. The molecule has 1 amide bonds. The van der Waals surface area contributed by atoms with Gasteiger partial charge in [-0.25, -0.2) is 4.79 Å². The van der Waals surface area contributed by atoms with Crippen LogP contribution in [-0.4, -0.2) is 37.0 Å². The largest absolute Gasteiger partial charge is 0.475 e. The Morgan fingerprint density at radius 1 is 1.47 bits per heavy atom. The van der Waals surface area contributed by atoms with Crippen LogP contribution in [0.3, 0.4) is 0 Å². The first kappa shape index (κ1) is 13.7. The van der Waals surface area contributed by atoms with Crippen LogP contribution < -0.4 is 9.64 Å². The summed E-state index contributed by atoms with van der Waals surface area (Å²) in [5, 5.41) is 0. The maximum Gasteiger partial charge on any atom is 0.349 e. The van der Waals surface area contributed by atoms with Crippen LogP contribution in [0.1, 0.15) is 6.92 Å². The van der Waals surface area contributed by atoms with E-state index >= 15 is 0 Å². The van der Waals surface area contributed by atoms with Crippen LogP contribution in [0.4, 0.5) is 5.69 Å². The molecule has 2 rings (SSSR count). The van der Waals surface area contributed by atoms with Crippen LogP contribution >= 0.6 is 11.6 Å². The summed E-state index contributed by atoms with van der Waals surface area (Å²) in [7, 11) is 0. The van der Waals surface area contributed by atoms with Crippen LogP contribution in [0.25, 0.3) is 0 Å². The fraction of sp³-hybridized carbons (Fsp3) is 0.385. The summed E-state index contributed by atoms with van der Waals surface area (Å²) in [6, 6.07) is 7.02. The summed E-state index contributed by atoms with van der Waals surface area (Å²) in [5.74, 6) is -0.425. The highest BCUT2D eigenvalue weighted by Gasteiger charge is 2.34. The van der Waals surface area contributed by atoms with Gasteiger partial charge in [-0.15, -0.1) is 11.6 Å². The minimum Gasteiger partial charge on any atom is -0.475 e.